The van der Waals surface area contributed by atoms with Gasteiger partial charge in [-0.2, -0.15) is 0 Å². The van der Waals surface area contributed by atoms with E-state index in [9.17, 15) is 4.57 Å². The van der Waals surface area contributed by atoms with E-state index in [2.05, 4.69) is 47.3 Å². The molecule has 1 aromatic carbocycles. The standard InChI is InChI=1S/C27H38N5OP/c1-4-31-26-15-9-10-16-27(26)32(20(2)3)34(31,33)30-25-14-8-7-13-24(25)28-19-22-18-17-21-11-5-6-12-23(21)29-22/h7-8,13-14,17-20,26-27H,4-6,9-12,15-16H2,1-3H3,(H,30,33)/t26-,27-,34?/m1/s1. The van der Waals surface area contributed by atoms with Gasteiger partial charge >= 0.3 is 7.59 Å². The highest BCUT2D eigenvalue weighted by atomic mass is 31.2. The summed E-state index contributed by atoms with van der Waals surface area (Å²) in [7, 11) is -2.98. The molecule has 0 amide bonds. The number of likely N-dealkylation sites (N-methyl/N-ethyl adjacent to an activating group) is 1. The minimum absolute atomic E-state index is 0.204. The molecule has 6 nitrogen and oxygen atoms in total. The minimum Gasteiger partial charge on any atom is -0.310 e. The van der Waals surface area contributed by atoms with Crippen molar-refractivity contribution in [2.45, 2.75) is 90.3 Å². The average Bonchev–Trinajstić information content (AvgIpc) is 3.10. The lowest BCUT2D eigenvalue weighted by molar-refractivity contribution is 0.189. The number of aryl methyl sites for hydroxylation is 2. The first kappa shape index (κ1) is 23.7. The van der Waals surface area contributed by atoms with E-state index in [-0.39, 0.29) is 6.04 Å². The van der Waals surface area contributed by atoms with Crippen LogP contribution in [0.4, 0.5) is 11.4 Å². The number of nitrogens with zero attached hydrogens (tertiary/aromatic N) is 4. The van der Waals surface area contributed by atoms with Crippen LogP contribution in [0.15, 0.2) is 41.4 Å². The number of benzene rings is 1. The van der Waals surface area contributed by atoms with Gasteiger partial charge < -0.3 is 5.09 Å². The maximum Gasteiger partial charge on any atom is 0.309 e. The summed E-state index contributed by atoms with van der Waals surface area (Å²) in [5.41, 5.74) is 5.09. The zero-order valence-corrected chi connectivity index (χ0v) is 21.7. The van der Waals surface area contributed by atoms with Crippen LogP contribution in [-0.4, -0.2) is 45.2 Å². The second-order valence-electron chi connectivity index (χ2n) is 10.1. The van der Waals surface area contributed by atoms with Crippen molar-refractivity contribution in [3.8, 4) is 0 Å². The van der Waals surface area contributed by atoms with Gasteiger partial charge in [-0.1, -0.05) is 38.0 Å². The summed E-state index contributed by atoms with van der Waals surface area (Å²) in [5, 5.41) is 3.53. The quantitative estimate of drug-likeness (QED) is 0.374. The van der Waals surface area contributed by atoms with E-state index in [0.717, 1.165) is 49.3 Å². The fraction of sp³-hybridized carbons (Fsp3) is 0.556. The first-order chi connectivity index (χ1) is 16.5. The summed E-state index contributed by atoms with van der Waals surface area (Å²) in [5.74, 6) is 0. The monoisotopic (exact) mass is 479 g/mol. The Hall–Kier alpha value is -2.01. The molecule has 3 aliphatic rings. The highest BCUT2D eigenvalue weighted by Crippen LogP contribution is 2.64. The molecular formula is C27H38N5OP. The SMILES string of the molecule is CCN1[C@@H]2CCCC[C@H]2N(C(C)C)P1(=O)Nc1ccccc1N=Cc1ccc2c(n1)CCCC2. The van der Waals surface area contributed by atoms with E-state index in [0.29, 0.717) is 12.1 Å². The normalized spacial score (nSPS) is 27.8. The number of nitrogens with one attached hydrogen (secondary N) is 1. The number of fused-ring (bicyclic) bond motifs is 2. The molecule has 1 N–H and O–H groups in total. The number of hydrogen-bond acceptors (Lipinski definition) is 3. The number of rotatable bonds is 6. The van der Waals surface area contributed by atoms with E-state index in [4.69, 9.17) is 9.98 Å². The van der Waals surface area contributed by atoms with Gasteiger partial charge in [0.15, 0.2) is 0 Å². The predicted molar refractivity (Wildman–Crippen MR) is 141 cm³/mol. The molecule has 0 radical (unpaired) electrons. The zero-order valence-electron chi connectivity index (χ0n) is 20.8. The van der Waals surface area contributed by atoms with E-state index < -0.39 is 7.59 Å². The van der Waals surface area contributed by atoms with Crippen molar-refractivity contribution in [3.05, 3.63) is 53.3 Å². The van der Waals surface area contributed by atoms with Crippen molar-refractivity contribution >= 4 is 25.2 Å². The lowest BCUT2D eigenvalue weighted by atomic mass is 9.90. The van der Waals surface area contributed by atoms with Crippen molar-refractivity contribution in [1.82, 2.24) is 14.3 Å². The maximum atomic E-state index is 14.7. The first-order valence-electron chi connectivity index (χ1n) is 13.1. The number of para-hydroxylation sites is 2. The molecule has 1 unspecified atom stereocenters. The molecule has 7 heteroatoms. The molecule has 1 saturated heterocycles. The molecule has 1 saturated carbocycles. The Morgan fingerprint density at radius 2 is 1.85 bits per heavy atom. The Bertz CT molecular complexity index is 1100. The molecule has 2 aliphatic carbocycles. The van der Waals surface area contributed by atoms with Crippen LogP contribution in [0.2, 0.25) is 0 Å². The van der Waals surface area contributed by atoms with Gasteiger partial charge in [-0.15, -0.1) is 0 Å². The molecule has 34 heavy (non-hydrogen) atoms. The van der Waals surface area contributed by atoms with Crippen LogP contribution in [-0.2, 0) is 17.4 Å². The van der Waals surface area contributed by atoms with Crippen LogP contribution in [0.1, 0.15) is 76.2 Å². The van der Waals surface area contributed by atoms with Gasteiger partial charge in [-0.05, 0) is 76.1 Å². The predicted octanol–water partition coefficient (Wildman–Crippen LogP) is 6.59. The first-order valence-corrected chi connectivity index (χ1v) is 14.7. The smallest absolute Gasteiger partial charge is 0.309 e. The van der Waals surface area contributed by atoms with Crippen LogP contribution < -0.4 is 5.09 Å². The van der Waals surface area contributed by atoms with Gasteiger partial charge in [0.25, 0.3) is 0 Å². The van der Waals surface area contributed by atoms with Crippen molar-refractivity contribution in [1.29, 1.82) is 0 Å². The summed E-state index contributed by atoms with van der Waals surface area (Å²) in [6, 6.07) is 13.1. The Kier molecular flexibility index (Phi) is 6.92. The molecule has 0 bridgehead atoms. The molecule has 2 fully saturated rings. The molecule has 5 rings (SSSR count). The van der Waals surface area contributed by atoms with E-state index in [1.807, 2.05) is 30.5 Å². The Balaban J connectivity index is 1.45. The number of pyridine rings is 1. The van der Waals surface area contributed by atoms with Gasteiger partial charge in [0.05, 0.1) is 23.3 Å². The summed E-state index contributed by atoms with van der Waals surface area (Å²) in [4.78, 5) is 9.65. The topological polar surface area (TPSA) is 60.8 Å². The largest absolute Gasteiger partial charge is 0.310 e. The van der Waals surface area contributed by atoms with Crippen LogP contribution >= 0.6 is 7.59 Å². The highest BCUT2D eigenvalue weighted by molar-refractivity contribution is 7.61. The van der Waals surface area contributed by atoms with Gasteiger partial charge in [0, 0.05) is 30.4 Å². The number of aromatic nitrogens is 1. The summed E-state index contributed by atoms with van der Waals surface area (Å²) in [6.07, 6.45) is 11.2. The summed E-state index contributed by atoms with van der Waals surface area (Å²) >= 11 is 0. The van der Waals surface area contributed by atoms with Crippen molar-refractivity contribution in [2.24, 2.45) is 4.99 Å². The van der Waals surface area contributed by atoms with Crippen molar-refractivity contribution < 1.29 is 4.57 Å². The lowest BCUT2D eigenvalue weighted by Crippen LogP contribution is -2.41. The van der Waals surface area contributed by atoms with Gasteiger partial charge in [-0.25, -0.2) is 9.34 Å². The molecular weight excluding hydrogens is 441 g/mol. The van der Waals surface area contributed by atoms with E-state index >= 15 is 0 Å². The molecule has 2 aromatic rings. The minimum atomic E-state index is -2.98. The van der Waals surface area contributed by atoms with Crippen LogP contribution in [0.25, 0.3) is 0 Å². The Morgan fingerprint density at radius 3 is 2.65 bits per heavy atom. The van der Waals surface area contributed by atoms with Gasteiger partial charge in [0.1, 0.15) is 0 Å². The highest BCUT2D eigenvalue weighted by Gasteiger charge is 2.55. The average molecular weight is 480 g/mol. The third-order valence-corrected chi connectivity index (χ3v) is 10.8. The number of aliphatic imine (C=N–C) groups is 1. The van der Waals surface area contributed by atoms with Crippen LogP contribution in [0.5, 0.6) is 0 Å². The van der Waals surface area contributed by atoms with Crippen LogP contribution in [0.3, 0.4) is 0 Å². The lowest BCUT2D eigenvalue weighted by Gasteiger charge is -2.35. The summed E-state index contributed by atoms with van der Waals surface area (Å²) in [6.45, 7) is 7.25. The van der Waals surface area contributed by atoms with E-state index in [1.165, 1.54) is 36.9 Å². The summed E-state index contributed by atoms with van der Waals surface area (Å²) < 4.78 is 19.3. The molecule has 182 valence electrons. The molecule has 1 aliphatic heterocycles. The van der Waals surface area contributed by atoms with Gasteiger partial charge in [0.2, 0.25) is 0 Å². The number of hydrogen-bond donors (Lipinski definition) is 1. The Morgan fingerprint density at radius 1 is 1.09 bits per heavy atom. The van der Waals surface area contributed by atoms with Crippen molar-refractivity contribution in [2.75, 3.05) is 11.6 Å². The molecule has 2 heterocycles. The molecule has 3 atom stereocenters. The van der Waals surface area contributed by atoms with Gasteiger partial charge in [-0.3, -0.25) is 14.5 Å². The van der Waals surface area contributed by atoms with Crippen LogP contribution in [0, 0.1) is 0 Å². The second kappa shape index (κ2) is 9.93. The molecule has 0 spiro atoms. The zero-order chi connectivity index (χ0) is 23.7. The van der Waals surface area contributed by atoms with Crippen molar-refractivity contribution in [3.63, 3.8) is 0 Å². The van der Waals surface area contributed by atoms with E-state index in [1.54, 1.807) is 0 Å². The fourth-order valence-electron chi connectivity index (χ4n) is 6.17. The molecule has 1 aromatic heterocycles. The fourth-order valence-corrected chi connectivity index (χ4v) is 9.54. The Labute approximate surface area is 204 Å². The third-order valence-electron chi connectivity index (χ3n) is 7.64. The second-order valence-corrected chi connectivity index (χ2v) is 12.4. The third kappa shape index (κ3) is 4.36. The maximum absolute atomic E-state index is 14.7. The number of anilines is 1.